The van der Waals surface area contributed by atoms with Gasteiger partial charge in [-0.2, -0.15) is 0 Å². The fraction of sp³-hybridized carbons (Fsp3) is 0.469. The van der Waals surface area contributed by atoms with Gasteiger partial charge in [0.25, 0.3) is 5.91 Å². The Hall–Kier alpha value is -12.8. The number of hydrogen-bond acceptors (Lipinski definition) is 19. The number of aromatic nitrogens is 9. The quantitative estimate of drug-likeness (QED) is 0.0372. The van der Waals surface area contributed by atoms with E-state index in [9.17, 15) is 38.3 Å². The van der Waals surface area contributed by atoms with Crippen molar-refractivity contribution in [2.45, 2.75) is 289 Å². The molecule has 5 N–H and O–H groups in total. The number of hydrogen-bond donors (Lipinski definition) is 5. The number of imidazole rings is 3. The van der Waals surface area contributed by atoms with Crippen LogP contribution in [0.1, 0.15) is 275 Å². The van der Waals surface area contributed by atoms with E-state index in [1.54, 1.807) is 25.1 Å². The third-order valence-electron chi connectivity index (χ3n) is 32.2. The Kier molecular flexibility index (Phi) is 25.5. The second-order valence-electron chi connectivity index (χ2n) is 43.8. The fourth-order valence-corrected chi connectivity index (χ4v) is 23.1. The number of likely N-dealkylation sites (tertiary alicyclic amines) is 3. The normalized spacial score (nSPS) is 21.6. The number of carbonyl (C=O) groups excluding carboxylic acids is 5. The van der Waals surface area contributed by atoms with Crippen LogP contribution in [0.4, 0.5) is 56.0 Å². The van der Waals surface area contributed by atoms with Gasteiger partial charge in [0.1, 0.15) is 23.2 Å². The number of aromatic carboxylic acids is 1. The molecule has 736 valence electrons. The maximum Gasteiger partial charge on any atom is 0.338 e. The summed E-state index contributed by atoms with van der Waals surface area (Å²) in [7, 11) is 1.39. The summed E-state index contributed by atoms with van der Waals surface area (Å²) >= 11 is 0. The highest BCUT2D eigenvalue weighted by atomic mass is 19.1. The van der Waals surface area contributed by atoms with Crippen LogP contribution in [0.5, 0.6) is 0 Å². The summed E-state index contributed by atoms with van der Waals surface area (Å²) in [5.74, 6) is 0.787. The Morgan fingerprint density at radius 1 is 0.411 bits per heavy atom. The minimum absolute atomic E-state index is 0.140. The van der Waals surface area contributed by atoms with Gasteiger partial charge in [-0.1, -0.05) is 73.9 Å². The molecule has 0 unspecified atom stereocenters. The first-order valence-corrected chi connectivity index (χ1v) is 51.2. The lowest BCUT2D eigenvalue weighted by Crippen LogP contribution is -2.57. The van der Waals surface area contributed by atoms with E-state index in [1.807, 2.05) is 129 Å². The zero-order valence-corrected chi connectivity index (χ0v) is 84.4. The van der Waals surface area contributed by atoms with Gasteiger partial charge in [0.15, 0.2) is 17.5 Å². The third-order valence-corrected chi connectivity index (χ3v) is 32.2. The number of carbonyl (C=O) groups is 6. The van der Waals surface area contributed by atoms with Crippen LogP contribution >= 0.6 is 0 Å². The molecule has 0 bridgehead atoms. The summed E-state index contributed by atoms with van der Waals surface area (Å²) < 4.78 is 24.9. The number of halogens is 1. The van der Waals surface area contributed by atoms with E-state index in [-0.39, 0.29) is 71.4 Å². The zero-order chi connectivity index (χ0) is 98.9. The molecular formula is C113H134FN19O8. The third kappa shape index (κ3) is 17.7. The summed E-state index contributed by atoms with van der Waals surface area (Å²) in [6.45, 7) is 36.9. The summed E-state index contributed by atoms with van der Waals surface area (Å²) in [6, 6.07) is 44.3. The average Bonchev–Trinajstić information content (AvgIpc) is 1.58. The molecule has 6 aliphatic heterocycles. The van der Waals surface area contributed by atoms with Gasteiger partial charge in [-0.05, 0) is 339 Å². The summed E-state index contributed by atoms with van der Waals surface area (Å²) in [6.07, 6.45) is 24.6. The topological polar surface area (TPSA) is 292 Å². The number of nitrogens with zero attached hydrogens (tertiary/aromatic N) is 15. The minimum atomic E-state index is -0.968. The number of benzene rings is 6. The predicted octanol–water partition coefficient (Wildman–Crippen LogP) is 21.8. The van der Waals surface area contributed by atoms with E-state index in [2.05, 4.69) is 161 Å². The number of aryl methyl sites for hydroxylation is 3. The number of fused-ring (bicyclic) bond motifs is 6. The number of methoxy groups -OCH3 is 1. The molecule has 6 aromatic heterocycles. The predicted molar refractivity (Wildman–Crippen MR) is 555 cm³/mol. The molecule has 12 aromatic rings. The highest BCUT2D eigenvalue weighted by molar-refractivity contribution is 6.12. The summed E-state index contributed by atoms with van der Waals surface area (Å²) in [5, 5.41) is 23.0. The van der Waals surface area contributed by atoms with Crippen molar-refractivity contribution in [2.75, 3.05) is 83.7 Å². The summed E-state index contributed by atoms with van der Waals surface area (Å²) in [4.78, 5) is 123. The number of anilines is 9. The molecule has 6 aromatic carbocycles. The van der Waals surface area contributed by atoms with Gasteiger partial charge in [-0.3, -0.25) is 19.2 Å². The molecule has 28 heteroatoms. The van der Waals surface area contributed by atoms with Gasteiger partial charge < -0.3 is 74.2 Å². The van der Waals surface area contributed by atoms with Crippen molar-refractivity contribution >= 4 is 120 Å². The summed E-state index contributed by atoms with van der Waals surface area (Å²) in [5.41, 5.74) is 19.4. The van der Waals surface area contributed by atoms with Crippen molar-refractivity contribution in [3.63, 3.8) is 0 Å². The number of rotatable bonds is 23. The van der Waals surface area contributed by atoms with Crippen LogP contribution in [0.2, 0.25) is 0 Å². The number of pyridine rings is 3. The second kappa shape index (κ2) is 37.6. The van der Waals surface area contributed by atoms with Crippen LogP contribution < -0.4 is 36.0 Å². The molecule has 7 fully saturated rings. The first-order valence-electron chi connectivity index (χ1n) is 51.2. The molecule has 4 amide bonds. The van der Waals surface area contributed by atoms with Gasteiger partial charge in [0.05, 0.1) is 92.6 Å². The molecule has 3 saturated heterocycles. The highest BCUT2D eigenvalue weighted by Gasteiger charge is 2.54. The molecule has 141 heavy (non-hydrogen) atoms. The van der Waals surface area contributed by atoms with Crippen LogP contribution in [0.25, 0.3) is 66.9 Å². The molecule has 0 atom stereocenters. The number of piperidine rings is 3. The largest absolute Gasteiger partial charge is 0.478 e. The number of carboxylic acid groups (broad SMARTS) is 1. The van der Waals surface area contributed by atoms with Crippen molar-refractivity contribution in [3.8, 4) is 33.8 Å². The van der Waals surface area contributed by atoms with E-state index < -0.39 is 34.4 Å². The lowest BCUT2D eigenvalue weighted by atomic mass is 9.82. The van der Waals surface area contributed by atoms with Crippen molar-refractivity contribution in [2.24, 2.45) is 0 Å². The minimum Gasteiger partial charge on any atom is -0.478 e. The number of carboxylic acids is 1. The van der Waals surface area contributed by atoms with Gasteiger partial charge >= 0.3 is 11.9 Å². The van der Waals surface area contributed by atoms with Crippen molar-refractivity contribution in [3.05, 3.63) is 196 Å². The average molecular weight is 1910 g/mol. The molecule has 10 aliphatic rings. The monoisotopic (exact) mass is 1900 g/mol. The molecular weight excluding hydrogens is 1770 g/mol. The molecule has 12 heterocycles. The fourth-order valence-electron chi connectivity index (χ4n) is 23.1. The maximum absolute atomic E-state index is 14.0. The Balaban J connectivity index is 0.000000130. The van der Waals surface area contributed by atoms with Crippen LogP contribution in [-0.4, -0.2) is 194 Å². The molecule has 0 radical (unpaired) electrons. The lowest BCUT2D eigenvalue weighted by Gasteiger charge is -2.48. The number of amides is 4. The van der Waals surface area contributed by atoms with E-state index >= 15 is 0 Å². The van der Waals surface area contributed by atoms with Crippen molar-refractivity contribution < 1.29 is 43.0 Å². The molecule has 0 spiro atoms. The van der Waals surface area contributed by atoms with E-state index in [4.69, 9.17) is 34.6 Å². The number of esters is 1. The zero-order valence-electron chi connectivity index (χ0n) is 84.4. The number of nitrogens with one attached hydrogen (secondary N) is 4. The van der Waals surface area contributed by atoms with Crippen molar-refractivity contribution in [1.29, 1.82) is 0 Å². The highest BCUT2D eigenvalue weighted by Crippen LogP contribution is 2.53. The second-order valence-corrected chi connectivity index (χ2v) is 43.8. The Morgan fingerprint density at radius 2 is 0.716 bits per heavy atom. The Bertz CT molecular complexity index is 6920. The van der Waals surface area contributed by atoms with E-state index in [0.717, 1.165) is 156 Å². The van der Waals surface area contributed by atoms with E-state index in [1.165, 1.54) is 104 Å². The van der Waals surface area contributed by atoms with Crippen molar-refractivity contribution in [1.82, 2.24) is 63.6 Å². The van der Waals surface area contributed by atoms with Gasteiger partial charge in [-0.25, -0.2) is 43.9 Å². The Labute approximate surface area is 825 Å². The maximum atomic E-state index is 14.0. The van der Waals surface area contributed by atoms with Crippen LogP contribution in [-0.2, 0) is 35.4 Å². The van der Waals surface area contributed by atoms with Gasteiger partial charge in [0.2, 0.25) is 17.7 Å². The Morgan fingerprint density at radius 3 is 1.01 bits per heavy atom. The first kappa shape index (κ1) is 95.7. The lowest BCUT2D eigenvalue weighted by molar-refractivity contribution is -0.124. The van der Waals surface area contributed by atoms with Crippen LogP contribution in [0.3, 0.4) is 0 Å². The van der Waals surface area contributed by atoms with Gasteiger partial charge in [0, 0.05) is 111 Å². The molecule has 4 aliphatic carbocycles. The number of alkyl halides is 1. The first-order chi connectivity index (χ1) is 67.6. The van der Waals surface area contributed by atoms with Crippen LogP contribution in [0, 0.1) is 20.8 Å². The number of ether oxygens (including phenoxy) is 1. The van der Waals surface area contributed by atoms with Gasteiger partial charge in [-0.15, -0.1) is 0 Å². The van der Waals surface area contributed by atoms with Crippen LogP contribution in [0.15, 0.2) is 146 Å². The SMILES string of the molecule is COC(=O)c1cc(Nc2nc(-c3ccc4c(c3)N(C3CC(N5CCCCC5)C3)C(=O)C4(C)C)cc3ncn(C(C)C)c23)ccc1C.Cc1ccc(Nc2nc(-c3ccc4c(c3)N(C3CC(N5CCCCC5)C3)C(=O)C4(C)C)cc3ncn(C(C)C)c23)cc1C(=O)NC1(CF)CC1.Cc1ccc(Nc2nc(-c3ccc4c(c3)N(C3CC(N5CCCCC5)C3)C(=O)C4(C)C)cc3ncn(C(C)C)c23)cc1C(=O)O. The smallest absolute Gasteiger partial charge is 0.338 e. The molecule has 22 rings (SSSR count). The van der Waals surface area contributed by atoms with E-state index in [0.29, 0.717) is 76.5 Å². The standard InChI is InChI=1S/C40H48FN7O2.C37H44N6O3.C36H42N6O3/c1-24(2)47-23-42-33-21-32(44-36(35(33)47)43-27-11-9-25(3)30(18-27)37(49)45-40(22-41)13-14-40)26-10-12-31-34(17-26)48(38(50)39(31,4)5)29-19-28(20-29)46-15-7-6-8-16-46;1-22(2)42-21-38-31-20-30(40-34(33(31)42)39-25-12-10-23(3)28(17-25)35(44)46-6)24-11-13-29-32(16-24)43(36(45)37(29,4)5)27-18-26(19-27)41-14-8-7-9-15-41;1-21(2)41-20-37-30-19-29(39-33(32(30)41)38-24-11-9-22(3)27(16-24)34(43)44)23-10-12-28-31(15-23)42(35(45)36(28,4)5)26-17-25(18-26)40-13-7-6-8-14-40/h9-12,17-18,21,23-24,28-29H,6-8,13-16,19-20,22H2,1-5H3,(H,43,44)(H,45,49);10-13,16-17,20-22,26-27H,7-9,14-15,18-19H2,1-6H3,(H,39,40);9-12,15-16,19-21,25-26H,6-8,13-14,17-18H2,1-5H3,(H,38,39)(H,43,44). The molecule has 27 nitrogen and oxygen atoms in total. The molecule has 4 saturated carbocycles.